The number of amides is 1. The Hall–Kier alpha value is -1.76. The number of aromatic nitrogens is 1. The molecule has 1 atom stereocenters. The van der Waals surface area contributed by atoms with Crippen molar-refractivity contribution in [2.75, 3.05) is 20.2 Å². The first-order chi connectivity index (χ1) is 10.6. The van der Waals surface area contributed by atoms with E-state index < -0.39 is 0 Å². The van der Waals surface area contributed by atoms with Gasteiger partial charge in [0.2, 0.25) is 5.91 Å². The maximum atomic E-state index is 11.9. The molecular formula is C16H21N3O2S. The minimum Gasteiger partial charge on any atom is -0.395 e. The predicted octanol–water partition coefficient (Wildman–Crippen LogP) is 1.38. The number of carbonyl (C=O) groups is 1. The van der Waals surface area contributed by atoms with Crippen molar-refractivity contribution < 1.29 is 9.90 Å². The number of carbonyl (C=O) groups excluding carboxylic acids is 1. The van der Waals surface area contributed by atoms with Crippen molar-refractivity contribution in [1.82, 2.24) is 9.88 Å². The Morgan fingerprint density at radius 3 is 2.82 bits per heavy atom. The summed E-state index contributed by atoms with van der Waals surface area (Å²) in [5.74, 6) is -0.0532. The number of hydrogen-bond donors (Lipinski definition) is 2. The highest BCUT2D eigenvalue weighted by Crippen LogP contribution is 2.20. The van der Waals surface area contributed by atoms with Crippen LogP contribution in [-0.4, -0.2) is 41.1 Å². The molecule has 5 nitrogen and oxygen atoms in total. The van der Waals surface area contributed by atoms with Crippen molar-refractivity contribution in [3.05, 3.63) is 52.0 Å². The molecule has 2 rings (SSSR count). The van der Waals surface area contributed by atoms with Gasteiger partial charge in [0.05, 0.1) is 24.8 Å². The highest BCUT2D eigenvalue weighted by atomic mass is 32.1. The first kappa shape index (κ1) is 16.6. The Morgan fingerprint density at radius 2 is 2.14 bits per heavy atom. The summed E-state index contributed by atoms with van der Waals surface area (Å²) in [7, 11) is 1.67. The van der Waals surface area contributed by atoms with Gasteiger partial charge in [-0.15, -0.1) is 11.3 Å². The van der Waals surface area contributed by atoms with E-state index in [1.165, 1.54) is 21.8 Å². The smallest absolute Gasteiger partial charge is 0.228 e. The van der Waals surface area contributed by atoms with E-state index in [1.54, 1.807) is 7.05 Å². The Bertz CT molecular complexity index is 600. The predicted molar refractivity (Wildman–Crippen MR) is 87.6 cm³/mol. The number of hydrogen-bond acceptors (Lipinski definition) is 5. The molecule has 0 saturated heterocycles. The van der Waals surface area contributed by atoms with E-state index in [4.69, 9.17) is 10.8 Å². The van der Waals surface area contributed by atoms with E-state index in [9.17, 15) is 4.79 Å². The molecule has 0 radical (unpaired) electrons. The molecule has 0 aliphatic heterocycles. The van der Waals surface area contributed by atoms with Crippen molar-refractivity contribution in [2.24, 2.45) is 5.73 Å². The summed E-state index contributed by atoms with van der Waals surface area (Å²) in [6.45, 7) is 0.301. The molecule has 0 fully saturated rings. The Balaban J connectivity index is 1.94. The van der Waals surface area contributed by atoms with Gasteiger partial charge >= 0.3 is 0 Å². The van der Waals surface area contributed by atoms with Gasteiger partial charge in [-0.1, -0.05) is 30.3 Å². The maximum Gasteiger partial charge on any atom is 0.228 e. The molecule has 22 heavy (non-hydrogen) atoms. The third kappa shape index (κ3) is 4.62. The Labute approximate surface area is 134 Å². The van der Waals surface area contributed by atoms with E-state index in [-0.39, 0.29) is 25.0 Å². The second-order valence-corrected chi connectivity index (χ2v) is 6.08. The molecule has 1 aromatic heterocycles. The number of rotatable bonds is 7. The van der Waals surface area contributed by atoms with Gasteiger partial charge < -0.3 is 15.7 Å². The van der Waals surface area contributed by atoms with Gasteiger partial charge in [-0.05, 0) is 12.0 Å². The number of nitrogens with two attached hydrogens (primary N) is 1. The van der Waals surface area contributed by atoms with Gasteiger partial charge in [0.1, 0.15) is 5.01 Å². The molecule has 118 valence electrons. The van der Waals surface area contributed by atoms with Crippen LogP contribution >= 0.6 is 11.3 Å². The van der Waals surface area contributed by atoms with Crippen LogP contribution in [0.5, 0.6) is 0 Å². The molecule has 0 aliphatic rings. The largest absolute Gasteiger partial charge is 0.395 e. The average Bonchev–Trinajstić information content (AvgIpc) is 2.97. The van der Waals surface area contributed by atoms with Crippen molar-refractivity contribution in [3.8, 4) is 0 Å². The molecule has 0 aliphatic carbocycles. The summed E-state index contributed by atoms with van der Waals surface area (Å²) in [5, 5.41) is 11.6. The van der Waals surface area contributed by atoms with Crippen LogP contribution in [0.4, 0.5) is 0 Å². The lowest BCUT2D eigenvalue weighted by Crippen LogP contribution is -2.30. The number of aliphatic hydroxyl groups is 1. The summed E-state index contributed by atoms with van der Waals surface area (Å²) >= 11 is 1.49. The highest BCUT2D eigenvalue weighted by Gasteiger charge is 2.15. The molecular weight excluding hydrogens is 298 g/mol. The van der Waals surface area contributed by atoms with Crippen molar-refractivity contribution in [2.45, 2.75) is 18.9 Å². The van der Waals surface area contributed by atoms with Gasteiger partial charge in [-0.2, -0.15) is 0 Å². The number of likely N-dealkylation sites (N-methyl/N-ethyl adjacent to an activating group) is 1. The third-order valence-electron chi connectivity index (χ3n) is 3.38. The molecule has 3 N–H and O–H groups in total. The molecule has 2 aromatic rings. The van der Waals surface area contributed by atoms with Crippen LogP contribution in [0, 0.1) is 0 Å². The lowest BCUT2D eigenvalue weighted by Gasteiger charge is -2.14. The van der Waals surface area contributed by atoms with E-state index in [0.29, 0.717) is 6.54 Å². The van der Waals surface area contributed by atoms with Crippen molar-refractivity contribution in [1.29, 1.82) is 0 Å². The first-order valence-electron chi connectivity index (χ1n) is 7.18. The van der Waals surface area contributed by atoms with Gasteiger partial charge in [0.15, 0.2) is 0 Å². The van der Waals surface area contributed by atoms with Crippen LogP contribution in [0.2, 0.25) is 0 Å². The minimum atomic E-state index is -0.161. The molecule has 1 amide bonds. The van der Waals surface area contributed by atoms with E-state index >= 15 is 0 Å². The Kier molecular flexibility index (Phi) is 6.06. The topological polar surface area (TPSA) is 79.5 Å². The van der Waals surface area contributed by atoms with Crippen LogP contribution in [0.25, 0.3) is 0 Å². The number of thiazole rings is 1. The summed E-state index contributed by atoms with van der Waals surface area (Å²) in [6.07, 6.45) is 0.969. The zero-order valence-electron chi connectivity index (χ0n) is 12.6. The van der Waals surface area contributed by atoms with Gasteiger partial charge in [0, 0.05) is 19.0 Å². The zero-order chi connectivity index (χ0) is 15.9. The number of benzene rings is 1. The van der Waals surface area contributed by atoms with E-state index in [2.05, 4.69) is 4.98 Å². The van der Waals surface area contributed by atoms with Crippen molar-refractivity contribution >= 4 is 17.2 Å². The summed E-state index contributed by atoms with van der Waals surface area (Å²) in [6, 6.07) is 9.89. The van der Waals surface area contributed by atoms with Crippen LogP contribution in [0.15, 0.2) is 35.7 Å². The molecule has 6 heteroatoms. The SMILES string of the molecule is CN(CCO)C(=O)Cc1csc(C(N)Cc2ccccc2)n1. The monoisotopic (exact) mass is 319 g/mol. The van der Waals surface area contributed by atoms with Crippen LogP contribution in [0.3, 0.4) is 0 Å². The maximum absolute atomic E-state index is 11.9. The minimum absolute atomic E-state index is 0.0352. The molecule has 1 unspecified atom stereocenters. The third-order valence-corrected chi connectivity index (χ3v) is 4.40. The zero-order valence-corrected chi connectivity index (χ0v) is 13.4. The quantitative estimate of drug-likeness (QED) is 0.808. The molecule has 0 saturated carbocycles. The molecule has 1 aromatic carbocycles. The lowest BCUT2D eigenvalue weighted by molar-refractivity contribution is -0.129. The second kappa shape index (κ2) is 8.03. The first-order valence-corrected chi connectivity index (χ1v) is 8.06. The summed E-state index contributed by atoms with van der Waals surface area (Å²) in [4.78, 5) is 17.9. The van der Waals surface area contributed by atoms with Gasteiger partial charge in [-0.25, -0.2) is 4.98 Å². The fourth-order valence-electron chi connectivity index (χ4n) is 2.09. The van der Waals surface area contributed by atoms with Crippen molar-refractivity contribution in [3.63, 3.8) is 0 Å². The van der Waals surface area contributed by atoms with E-state index in [1.807, 2.05) is 35.7 Å². The fourth-order valence-corrected chi connectivity index (χ4v) is 2.91. The number of aliphatic hydroxyl groups excluding tert-OH is 1. The average molecular weight is 319 g/mol. The van der Waals surface area contributed by atoms with Gasteiger partial charge in [-0.3, -0.25) is 4.79 Å². The lowest BCUT2D eigenvalue weighted by atomic mass is 10.1. The molecule has 0 spiro atoms. The van der Waals surface area contributed by atoms with Crippen LogP contribution in [0.1, 0.15) is 22.3 Å². The van der Waals surface area contributed by atoms with Crippen LogP contribution in [-0.2, 0) is 17.6 Å². The van der Waals surface area contributed by atoms with E-state index in [0.717, 1.165) is 17.1 Å². The molecule has 0 bridgehead atoms. The fraction of sp³-hybridized carbons (Fsp3) is 0.375. The molecule has 1 heterocycles. The summed E-state index contributed by atoms with van der Waals surface area (Å²) < 4.78 is 0. The standard InChI is InChI=1S/C16H21N3O2S/c1-19(7-8-20)15(21)10-13-11-22-16(18-13)14(17)9-12-5-3-2-4-6-12/h2-6,11,14,20H,7-10,17H2,1H3. The second-order valence-electron chi connectivity index (χ2n) is 5.19. The number of nitrogens with zero attached hydrogens (tertiary/aromatic N) is 2. The normalized spacial score (nSPS) is 12.1. The van der Waals surface area contributed by atoms with Gasteiger partial charge in [0.25, 0.3) is 0 Å². The summed E-state index contributed by atoms with van der Waals surface area (Å²) in [5.41, 5.74) is 8.10. The highest BCUT2D eigenvalue weighted by molar-refractivity contribution is 7.09. The Morgan fingerprint density at radius 1 is 1.41 bits per heavy atom. The van der Waals surface area contributed by atoms with Crippen LogP contribution < -0.4 is 5.73 Å².